The van der Waals surface area contributed by atoms with Gasteiger partial charge in [0.25, 0.3) is 6.43 Å². The molecule has 100 valence electrons. The summed E-state index contributed by atoms with van der Waals surface area (Å²) in [7, 11) is 0. The van der Waals surface area contributed by atoms with Crippen LogP contribution in [0.1, 0.15) is 6.42 Å². The summed E-state index contributed by atoms with van der Waals surface area (Å²) in [5, 5.41) is 3.33. The van der Waals surface area contributed by atoms with Gasteiger partial charge in [0.1, 0.15) is 12.4 Å². The number of rotatable bonds is 4. The van der Waals surface area contributed by atoms with Crippen LogP contribution in [0.25, 0.3) is 0 Å². The van der Waals surface area contributed by atoms with E-state index in [1.165, 1.54) is 0 Å². The Morgan fingerprint density at radius 3 is 3.00 bits per heavy atom. The first-order valence-electron chi connectivity index (χ1n) is 6.22. The fraction of sp³-hybridized carbons (Fsp3) is 0.538. The molecule has 0 unspecified atom stereocenters. The average Bonchev–Trinajstić information content (AvgIpc) is 2.65. The summed E-state index contributed by atoms with van der Waals surface area (Å²) in [6.45, 7) is 3.33. The molecule has 1 aromatic rings. The van der Waals surface area contributed by atoms with E-state index in [0.29, 0.717) is 5.75 Å². The van der Waals surface area contributed by atoms with E-state index in [-0.39, 0.29) is 0 Å². The van der Waals surface area contributed by atoms with Crippen molar-refractivity contribution < 1.29 is 13.5 Å². The van der Waals surface area contributed by atoms with Crippen LogP contribution in [0.5, 0.6) is 5.75 Å². The quantitative estimate of drug-likeness (QED) is 0.893. The lowest BCUT2D eigenvalue weighted by molar-refractivity contribution is 0.0819. The van der Waals surface area contributed by atoms with Gasteiger partial charge in [-0.15, -0.1) is 0 Å². The van der Waals surface area contributed by atoms with Crippen LogP contribution < -0.4 is 15.0 Å². The van der Waals surface area contributed by atoms with Crippen LogP contribution in [0.4, 0.5) is 14.5 Å². The fourth-order valence-corrected chi connectivity index (χ4v) is 2.03. The van der Waals surface area contributed by atoms with Gasteiger partial charge in [-0.2, -0.15) is 0 Å². The minimum atomic E-state index is -2.43. The van der Waals surface area contributed by atoms with Crippen LogP contribution in [-0.4, -0.2) is 39.2 Å². The Morgan fingerprint density at radius 1 is 1.28 bits per heavy atom. The Hall–Kier alpha value is -1.36. The molecule has 0 saturated carbocycles. The summed E-state index contributed by atoms with van der Waals surface area (Å²) in [5.74, 6) is 0.505. The molecule has 1 aliphatic rings. The number of nitrogens with one attached hydrogen (secondary N) is 1. The second kappa shape index (κ2) is 6.54. The molecule has 18 heavy (non-hydrogen) atoms. The van der Waals surface area contributed by atoms with E-state index in [1.54, 1.807) is 6.07 Å². The van der Waals surface area contributed by atoms with Crippen molar-refractivity contribution in [2.45, 2.75) is 12.8 Å². The van der Waals surface area contributed by atoms with Gasteiger partial charge in [0.2, 0.25) is 0 Å². The highest BCUT2D eigenvalue weighted by atomic mass is 19.3. The summed E-state index contributed by atoms with van der Waals surface area (Å²) in [6.07, 6.45) is -1.35. The van der Waals surface area contributed by atoms with Gasteiger partial charge in [0, 0.05) is 31.4 Å². The van der Waals surface area contributed by atoms with Crippen molar-refractivity contribution in [1.29, 1.82) is 0 Å². The van der Waals surface area contributed by atoms with Crippen molar-refractivity contribution in [1.82, 2.24) is 5.32 Å². The third kappa shape index (κ3) is 3.84. The van der Waals surface area contributed by atoms with Gasteiger partial charge in [-0.3, -0.25) is 0 Å². The largest absolute Gasteiger partial charge is 0.488 e. The fourth-order valence-electron chi connectivity index (χ4n) is 2.03. The zero-order chi connectivity index (χ0) is 12.8. The Bertz CT molecular complexity index is 366. The Morgan fingerprint density at radius 2 is 2.17 bits per heavy atom. The molecule has 1 fully saturated rings. The highest BCUT2D eigenvalue weighted by molar-refractivity contribution is 5.50. The second-order valence-electron chi connectivity index (χ2n) is 4.29. The van der Waals surface area contributed by atoms with Gasteiger partial charge in [-0.1, -0.05) is 6.07 Å². The molecule has 1 saturated heterocycles. The van der Waals surface area contributed by atoms with E-state index in [2.05, 4.69) is 10.2 Å². The van der Waals surface area contributed by atoms with E-state index in [9.17, 15) is 8.78 Å². The Kier molecular flexibility index (Phi) is 4.75. The molecular weight excluding hydrogens is 238 g/mol. The molecule has 3 nitrogen and oxygen atoms in total. The average molecular weight is 256 g/mol. The standard InChI is InChI=1S/C13H18F2N2O/c14-13(15)10-18-12-4-1-3-11(9-12)17-7-2-5-16-6-8-17/h1,3-4,9,13,16H,2,5-8,10H2. The van der Waals surface area contributed by atoms with E-state index in [1.807, 2.05) is 18.2 Å². The first-order valence-corrected chi connectivity index (χ1v) is 6.22. The highest BCUT2D eigenvalue weighted by Gasteiger charge is 2.10. The Labute approximate surface area is 106 Å². The summed E-state index contributed by atoms with van der Waals surface area (Å²) in [5.41, 5.74) is 1.03. The highest BCUT2D eigenvalue weighted by Crippen LogP contribution is 2.22. The molecule has 0 radical (unpaired) electrons. The summed E-state index contributed by atoms with van der Waals surface area (Å²) >= 11 is 0. The molecule has 5 heteroatoms. The maximum Gasteiger partial charge on any atom is 0.272 e. The number of halogens is 2. The lowest BCUT2D eigenvalue weighted by Crippen LogP contribution is -2.27. The van der Waals surface area contributed by atoms with Crippen LogP contribution in [0.15, 0.2) is 24.3 Å². The van der Waals surface area contributed by atoms with E-state index in [0.717, 1.165) is 38.3 Å². The first kappa shape index (κ1) is 13.1. The number of anilines is 1. The number of nitrogens with zero attached hydrogens (tertiary/aromatic N) is 1. The van der Waals surface area contributed by atoms with Gasteiger partial charge >= 0.3 is 0 Å². The number of alkyl halides is 2. The summed E-state index contributed by atoms with van der Waals surface area (Å²) in [4.78, 5) is 2.25. The van der Waals surface area contributed by atoms with Gasteiger partial charge in [0.15, 0.2) is 0 Å². The van der Waals surface area contributed by atoms with E-state index >= 15 is 0 Å². The molecular formula is C13H18F2N2O. The Balaban J connectivity index is 2.01. The van der Waals surface area contributed by atoms with Crippen molar-refractivity contribution >= 4 is 5.69 Å². The monoisotopic (exact) mass is 256 g/mol. The maximum atomic E-state index is 12.1. The molecule has 1 N–H and O–H groups in total. The lowest BCUT2D eigenvalue weighted by atomic mass is 10.2. The molecule has 0 atom stereocenters. The van der Waals surface area contributed by atoms with Gasteiger partial charge < -0.3 is 15.0 Å². The molecule has 0 aliphatic carbocycles. The van der Waals surface area contributed by atoms with Crippen LogP contribution >= 0.6 is 0 Å². The van der Waals surface area contributed by atoms with Crippen molar-refractivity contribution in [3.05, 3.63) is 24.3 Å². The maximum absolute atomic E-state index is 12.1. The summed E-state index contributed by atoms with van der Waals surface area (Å²) in [6, 6.07) is 7.37. The molecule has 2 rings (SSSR count). The number of hydrogen-bond acceptors (Lipinski definition) is 3. The topological polar surface area (TPSA) is 24.5 Å². The number of hydrogen-bond donors (Lipinski definition) is 1. The van der Waals surface area contributed by atoms with E-state index in [4.69, 9.17) is 4.74 Å². The summed E-state index contributed by atoms with van der Waals surface area (Å²) < 4.78 is 29.2. The zero-order valence-corrected chi connectivity index (χ0v) is 10.2. The second-order valence-corrected chi connectivity index (χ2v) is 4.29. The number of ether oxygens (including phenoxy) is 1. The van der Waals surface area contributed by atoms with Crippen LogP contribution in [0.2, 0.25) is 0 Å². The van der Waals surface area contributed by atoms with Crippen LogP contribution in [0.3, 0.4) is 0 Å². The number of benzene rings is 1. The van der Waals surface area contributed by atoms with Crippen molar-refractivity contribution in [3.63, 3.8) is 0 Å². The van der Waals surface area contributed by atoms with E-state index < -0.39 is 13.0 Å². The molecule has 1 heterocycles. The van der Waals surface area contributed by atoms with Crippen molar-refractivity contribution in [3.8, 4) is 5.75 Å². The molecule has 1 aromatic carbocycles. The smallest absolute Gasteiger partial charge is 0.272 e. The molecule has 0 aromatic heterocycles. The minimum Gasteiger partial charge on any atom is -0.488 e. The van der Waals surface area contributed by atoms with Gasteiger partial charge in [0.05, 0.1) is 0 Å². The molecule has 0 amide bonds. The van der Waals surface area contributed by atoms with Gasteiger partial charge in [-0.25, -0.2) is 8.78 Å². The third-order valence-electron chi connectivity index (χ3n) is 2.90. The molecule has 0 bridgehead atoms. The van der Waals surface area contributed by atoms with Crippen LogP contribution in [-0.2, 0) is 0 Å². The first-order chi connectivity index (χ1) is 8.75. The third-order valence-corrected chi connectivity index (χ3v) is 2.90. The zero-order valence-electron chi connectivity index (χ0n) is 10.2. The minimum absolute atomic E-state index is 0.505. The lowest BCUT2D eigenvalue weighted by Gasteiger charge is -2.22. The normalized spacial score (nSPS) is 16.7. The predicted octanol–water partition coefficient (Wildman–Crippen LogP) is 2.13. The van der Waals surface area contributed by atoms with Gasteiger partial charge in [-0.05, 0) is 25.1 Å². The van der Waals surface area contributed by atoms with Crippen molar-refractivity contribution in [2.75, 3.05) is 37.7 Å². The predicted molar refractivity (Wildman–Crippen MR) is 67.6 cm³/mol. The molecule has 1 aliphatic heterocycles. The molecule has 0 spiro atoms. The van der Waals surface area contributed by atoms with Crippen molar-refractivity contribution in [2.24, 2.45) is 0 Å². The SMILES string of the molecule is FC(F)COc1cccc(N2CCCNCC2)c1. The van der Waals surface area contributed by atoms with Crippen LogP contribution in [0, 0.1) is 0 Å².